The maximum Gasteiger partial charge on any atom is 0.414 e. The van der Waals surface area contributed by atoms with E-state index >= 15 is 0 Å². The fourth-order valence-electron chi connectivity index (χ4n) is 4.94. The Kier molecular flexibility index (Phi) is 7.68. The Morgan fingerprint density at radius 1 is 1.05 bits per heavy atom. The summed E-state index contributed by atoms with van der Waals surface area (Å²) in [5, 5.41) is 5.84. The van der Waals surface area contributed by atoms with Crippen LogP contribution >= 0.6 is 0 Å². The van der Waals surface area contributed by atoms with Gasteiger partial charge in [0.2, 0.25) is 11.8 Å². The SMILES string of the molecule is CN1CCC(NC(=O)Oc2ccnc(N3CCC[C@@H](N(C)C(=O)Nc4ccc(C5CC5)cn4)C3)n2)CC1. The first-order valence-corrected chi connectivity index (χ1v) is 13.2. The molecule has 2 aliphatic heterocycles. The number of pyridine rings is 1. The molecule has 1 saturated carbocycles. The number of aromatic nitrogens is 3. The summed E-state index contributed by atoms with van der Waals surface area (Å²) in [4.78, 5) is 44.6. The number of carbonyl (C=O) groups is 2. The molecular formula is C26H36N8O3. The quantitative estimate of drug-likeness (QED) is 0.612. The van der Waals surface area contributed by atoms with Crippen LogP contribution in [0, 0.1) is 0 Å². The number of urea groups is 1. The van der Waals surface area contributed by atoms with Crippen molar-refractivity contribution in [2.24, 2.45) is 0 Å². The number of rotatable bonds is 6. The van der Waals surface area contributed by atoms with Crippen LogP contribution in [0.1, 0.15) is 50.0 Å². The molecule has 3 amide bonds. The summed E-state index contributed by atoms with van der Waals surface area (Å²) < 4.78 is 5.46. The second-order valence-corrected chi connectivity index (χ2v) is 10.3. The van der Waals surface area contributed by atoms with Gasteiger partial charge in [-0.1, -0.05) is 6.07 Å². The molecule has 198 valence electrons. The first kappa shape index (κ1) is 25.2. The van der Waals surface area contributed by atoms with Crippen LogP contribution in [0.3, 0.4) is 0 Å². The number of nitrogens with zero attached hydrogens (tertiary/aromatic N) is 6. The molecule has 5 rings (SSSR count). The number of likely N-dealkylation sites (N-methyl/N-ethyl adjacent to an activating group) is 1. The van der Waals surface area contributed by atoms with Crippen molar-refractivity contribution in [1.82, 2.24) is 30.1 Å². The second-order valence-electron chi connectivity index (χ2n) is 10.3. The van der Waals surface area contributed by atoms with E-state index in [-0.39, 0.29) is 24.0 Å². The number of carbonyl (C=O) groups excluding carboxylic acids is 2. The van der Waals surface area contributed by atoms with Gasteiger partial charge in [-0.05, 0) is 76.2 Å². The number of hydrogen-bond donors (Lipinski definition) is 2. The van der Waals surface area contributed by atoms with Crippen LogP contribution in [0.25, 0.3) is 0 Å². The smallest absolute Gasteiger partial charge is 0.391 e. The van der Waals surface area contributed by atoms with E-state index < -0.39 is 6.09 Å². The van der Waals surface area contributed by atoms with Crippen molar-refractivity contribution < 1.29 is 14.3 Å². The van der Waals surface area contributed by atoms with Crippen molar-refractivity contribution in [1.29, 1.82) is 0 Å². The molecular weight excluding hydrogens is 472 g/mol. The predicted molar refractivity (Wildman–Crippen MR) is 140 cm³/mol. The van der Waals surface area contributed by atoms with Gasteiger partial charge in [0.1, 0.15) is 5.82 Å². The number of anilines is 2. The van der Waals surface area contributed by atoms with Crippen molar-refractivity contribution in [2.75, 3.05) is 50.5 Å². The van der Waals surface area contributed by atoms with Gasteiger partial charge in [-0.3, -0.25) is 5.32 Å². The number of hydrogen-bond acceptors (Lipinski definition) is 8. The molecule has 11 heteroatoms. The summed E-state index contributed by atoms with van der Waals surface area (Å²) in [5.41, 5.74) is 1.24. The molecule has 0 radical (unpaired) electrons. The molecule has 2 aromatic rings. The number of amides is 3. The van der Waals surface area contributed by atoms with Gasteiger partial charge in [0.25, 0.3) is 0 Å². The van der Waals surface area contributed by atoms with E-state index in [1.165, 1.54) is 18.4 Å². The van der Waals surface area contributed by atoms with Crippen molar-refractivity contribution in [3.63, 3.8) is 0 Å². The van der Waals surface area contributed by atoms with Crippen molar-refractivity contribution >= 4 is 23.9 Å². The number of likely N-dealkylation sites (tertiary alicyclic amines) is 1. The van der Waals surface area contributed by atoms with Crippen LogP contribution in [0.4, 0.5) is 21.4 Å². The highest BCUT2D eigenvalue weighted by Gasteiger charge is 2.28. The van der Waals surface area contributed by atoms with E-state index in [2.05, 4.69) is 37.5 Å². The van der Waals surface area contributed by atoms with Gasteiger partial charge in [-0.2, -0.15) is 4.98 Å². The molecule has 37 heavy (non-hydrogen) atoms. The van der Waals surface area contributed by atoms with Crippen LogP contribution < -0.4 is 20.3 Å². The van der Waals surface area contributed by atoms with Gasteiger partial charge in [-0.25, -0.2) is 19.6 Å². The van der Waals surface area contributed by atoms with Gasteiger partial charge < -0.3 is 24.8 Å². The lowest BCUT2D eigenvalue weighted by Gasteiger charge is -2.37. The lowest BCUT2D eigenvalue weighted by molar-refractivity contribution is 0.180. The van der Waals surface area contributed by atoms with Gasteiger partial charge >= 0.3 is 12.1 Å². The Balaban J connectivity index is 1.14. The fourth-order valence-corrected chi connectivity index (χ4v) is 4.94. The first-order valence-electron chi connectivity index (χ1n) is 13.2. The molecule has 0 aromatic carbocycles. The topological polar surface area (TPSA) is 116 Å². The lowest BCUT2D eigenvalue weighted by atomic mass is 10.1. The minimum atomic E-state index is -0.495. The lowest BCUT2D eigenvalue weighted by Crippen LogP contribution is -2.50. The van der Waals surface area contributed by atoms with E-state index in [0.717, 1.165) is 45.3 Å². The zero-order chi connectivity index (χ0) is 25.8. The average Bonchev–Trinajstić information content (AvgIpc) is 3.76. The third kappa shape index (κ3) is 6.65. The number of ether oxygens (including phenoxy) is 1. The maximum atomic E-state index is 12.9. The summed E-state index contributed by atoms with van der Waals surface area (Å²) in [5.74, 6) is 1.89. The second kappa shape index (κ2) is 11.3. The Morgan fingerprint density at radius 3 is 2.59 bits per heavy atom. The van der Waals surface area contributed by atoms with Gasteiger partial charge in [0, 0.05) is 44.6 Å². The zero-order valence-corrected chi connectivity index (χ0v) is 21.6. The highest BCUT2D eigenvalue weighted by Crippen LogP contribution is 2.39. The fraction of sp³-hybridized carbons (Fsp3) is 0.577. The molecule has 2 aromatic heterocycles. The number of piperidine rings is 2. The summed E-state index contributed by atoms with van der Waals surface area (Å²) in [7, 11) is 3.88. The predicted octanol–water partition coefficient (Wildman–Crippen LogP) is 3.06. The molecule has 0 unspecified atom stereocenters. The van der Waals surface area contributed by atoms with Crippen LogP contribution in [0.5, 0.6) is 5.88 Å². The standard InChI is InChI=1S/C26H36N8O3/c1-32-14-10-20(11-15-32)29-26(36)37-23-9-12-27-24(31-23)34-13-3-4-21(17-34)33(2)25(35)30-22-8-7-19(16-28-22)18-5-6-18/h7-9,12,16,18,20-21H,3-6,10-11,13-15,17H2,1-2H3,(H,29,36)(H,28,30,35)/t21-/m1/s1. The maximum absolute atomic E-state index is 12.9. The first-order chi connectivity index (χ1) is 17.9. The summed E-state index contributed by atoms with van der Waals surface area (Å²) in [6.45, 7) is 3.26. The summed E-state index contributed by atoms with van der Waals surface area (Å²) in [6.07, 6.45) is 8.97. The van der Waals surface area contributed by atoms with E-state index in [1.807, 2.05) is 23.2 Å². The van der Waals surface area contributed by atoms with E-state index in [1.54, 1.807) is 24.2 Å². The summed E-state index contributed by atoms with van der Waals surface area (Å²) >= 11 is 0. The van der Waals surface area contributed by atoms with Crippen LogP contribution in [-0.4, -0.2) is 89.2 Å². The van der Waals surface area contributed by atoms with E-state index in [4.69, 9.17) is 4.74 Å². The Hall–Kier alpha value is -3.47. The molecule has 1 atom stereocenters. The van der Waals surface area contributed by atoms with Gasteiger partial charge in [0.15, 0.2) is 0 Å². The van der Waals surface area contributed by atoms with E-state index in [9.17, 15) is 9.59 Å². The van der Waals surface area contributed by atoms with Crippen LogP contribution in [-0.2, 0) is 0 Å². The molecule has 2 N–H and O–H groups in total. The van der Waals surface area contributed by atoms with Gasteiger partial charge in [0.05, 0.1) is 6.04 Å². The van der Waals surface area contributed by atoms with Crippen LogP contribution in [0.2, 0.25) is 0 Å². The highest BCUT2D eigenvalue weighted by molar-refractivity contribution is 5.88. The minimum Gasteiger partial charge on any atom is -0.391 e. The molecule has 2 saturated heterocycles. The largest absolute Gasteiger partial charge is 0.414 e. The van der Waals surface area contributed by atoms with Gasteiger partial charge in [-0.15, -0.1) is 0 Å². The molecule has 0 spiro atoms. The molecule has 4 heterocycles. The Morgan fingerprint density at radius 2 is 1.86 bits per heavy atom. The third-order valence-electron chi connectivity index (χ3n) is 7.47. The van der Waals surface area contributed by atoms with Crippen LogP contribution in [0.15, 0.2) is 30.6 Å². The molecule has 3 aliphatic rings. The zero-order valence-electron chi connectivity index (χ0n) is 21.6. The Bertz CT molecular complexity index is 1090. The molecule has 3 fully saturated rings. The monoisotopic (exact) mass is 508 g/mol. The highest BCUT2D eigenvalue weighted by atomic mass is 16.6. The normalized spacial score (nSPS) is 20.8. The van der Waals surface area contributed by atoms with Crippen molar-refractivity contribution in [3.05, 3.63) is 36.2 Å². The molecule has 0 bridgehead atoms. The van der Waals surface area contributed by atoms with E-state index in [0.29, 0.717) is 24.2 Å². The van der Waals surface area contributed by atoms with Crippen molar-refractivity contribution in [2.45, 2.75) is 56.5 Å². The molecule has 11 nitrogen and oxygen atoms in total. The molecule has 1 aliphatic carbocycles. The number of nitrogens with one attached hydrogen (secondary N) is 2. The minimum absolute atomic E-state index is 0.0135. The summed E-state index contributed by atoms with van der Waals surface area (Å²) in [6, 6.07) is 5.40. The Labute approximate surface area is 217 Å². The third-order valence-corrected chi connectivity index (χ3v) is 7.47. The van der Waals surface area contributed by atoms with Crippen molar-refractivity contribution in [3.8, 4) is 5.88 Å². The average molecular weight is 509 g/mol.